The fourth-order valence-electron chi connectivity index (χ4n) is 3.40. The van der Waals surface area contributed by atoms with Gasteiger partial charge >= 0.3 is 0 Å². The molecule has 2 aromatic rings. The molecule has 3 rings (SSSR count). The van der Waals surface area contributed by atoms with E-state index >= 15 is 0 Å². The minimum Gasteiger partial charge on any atom is -0.493 e. The zero-order valence-corrected chi connectivity index (χ0v) is 12.3. The third kappa shape index (κ3) is 2.10. The van der Waals surface area contributed by atoms with E-state index in [4.69, 9.17) is 10.5 Å². The highest BCUT2D eigenvalue weighted by molar-refractivity contribution is 5.46. The number of ether oxygens (including phenoxy) is 1. The summed E-state index contributed by atoms with van der Waals surface area (Å²) < 4.78 is 5.78. The van der Waals surface area contributed by atoms with Gasteiger partial charge in [-0.25, -0.2) is 0 Å². The van der Waals surface area contributed by atoms with Gasteiger partial charge in [0.05, 0.1) is 6.61 Å². The summed E-state index contributed by atoms with van der Waals surface area (Å²) in [6.45, 7) is 7.10. The normalized spacial score (nSPS) is 18.5. The molecule has 0 fully saturated rings. The fourth-order valence-corrected chi connectivity index (χ4v) is 3.40. The number of fused-ring (bicyclic) bond motifs is 1. The van der Waals surface area contributed by atoms with Crippen molar-refractivity contribution in [2.45, 2.75) is 32.7 Å². The second-order valence-electron chi connectivity index (χ2n) is 5.79. The van der Waals surface area contributed by atoms with Gasteiger partial charge in [0, 0.05) is 17.5 Å². The Bertz CT molecular complexity index is 625. The van der Waals surface area contributed by atoms with Crippen molar-refractivity contribution in [3.05, 3.63) is 64.2 Å². The van der Waals surface area contributed by atoms with Gasteiger partial charge in [-0.2, -0.15) is 0 Å². The highest BCUT2D eigenvalue weighted by atomic mass is 16.5. The van der Waals surface area contributed by atoms with Crippen LogP contribution in [0.3, 0.4) is 0 Å². The summed E-state index contributed by atoms with van der Waals surface area (Å²) in [5, 5.41) is 0. The van der Waals surface area contributed by atoms with E-state index in [1.54, 1.807) is 0 Å². The first-order valence-corrected chi connectivity index (χ1v) is 7.13. The van der Waals surface area contributed by atoms with Crippen molar-refractivity contribution in [2.75, 3.05) is 6.61 Å². The highest BCUT2D eigenvalue weighted by Gasteiger charge is 2.31. The van der Waals surface area contributed by atoms with Crippen LogP contribution >= 0.6 is 0 Å². The van der Waals surface area contributed by atoms with Crippen LogP contribution in [-0.4, -0.2) is 6.61 Å². The Morgan fingerprint density at radius 1 is 1.10 bits per heavy atom. The standard InChI is InChI=1S/C18H21NO/c1-11-8-12(2)17(13(3)9-11)18(19)15-10-20-16-7-5-4-6-14(15)16/h4-9,15,18H,10,19H2,1-3H3. The van der Waals surface area contributed by atoms with Gasteiger partial charge in [0.25, 0.3) is 0 Å². The molecule has 20 heavy (non-hydrogen) atoms. The first kappa shape index (κ1) is 13.2. The van der Waals surface area contributed by atoms with E-state index in [1.165, 1.54) is 27.8 Å². The van der Waals surface area contributed by atoms with Gasteiger partial charge in [-0.15, -0.1) is 0 Å². The predicted molar refractivity (Wildman–Crippen MR) is 82.3 cm³/mol. The topological polar surface area (TPSA) is 35.2 Å². The van der Waals surface area contributed by atoms with Crippen LogP contribution in [-0.2, 0) is 0 Å². The third-order valence-corrected chi connectivity index (χ3v) is 4.24. The number of aryl methyl sites for hydroxylation is 3. The maximum atomic E-state index is 6.59. The molecular formula is C18H21NO. The Labute approximate surface area is 120 Å². The average Bonchev–Trinajstić information content (AvgIpc) is 2.81. The van der Waals surface area contributed by atoms with Crippen LogP contribution in [0.25, 0.3) is 0 Å². The molecule has 2 aromatic carbocycles. The predicted octanol–water partition coefficient (Wildman–Crippen LogP) is 3.79. The van der Waals surface area contributed by atoms with Gasteiger partial charge in [0.1, 0.15) is 5.75 Å². The van der Waals surface area contributed by atoms with Crippen LogP contribution in [0, 0.1) is 20.8 Å². The van der Waals surface area contributed by atoms with Crippen molar-refractivity contribution < 1.29 is 4.74 Å². The molecule has 0 aromatic heterocycles. The Hall–Kier alpha value is -1.80. The van der Waals surface area contributed by atoms with Crippen molar-refractivity contribution >= 4 is 0 Å². The van der Waals surface area contributed by atoms with Crippen molar-refractivity contribution in [2.24, 2.45) is 5.73 Å². The first-order valence-electron chi connectivity index (χ1n) is 7.13. The summed E-state index contributed by atoms with van der Waals surface area (Å²) in [5.74, 6) is 1.22. The number of benzene rings is 2. The van der Waals surface area contributed by atoms with Crippen LogP contribution in [0.4, 0.5) is 0 Å². The number of rotatable bonds is 2. The van der Waals surface area contributed by atoms with Crippen LogP contribution < -0.4 is 10.5 Å². The molecule has 2 atom stereocenters. The number of nitrogens with two attached hydrogens (primary N) is 1. The van der Waals surface area contributed by atoms with Gasteiger partial charge in [-0.05, 0) is 43.5 Å². The SMILES string of the molecule is Cc1cc(C)c(C(N)C2COc3ccccc32)c(C)c1. The second kappa shape index (κ2) is 4.95. The minimum absolute atomic E-state index is 0.0146. The lowest BCUT2D eigenvalue weighted by molar-refractivity contribution is 0.315. The van der Waals surface area contributed by atoms with Gasteiger partial charge < -0.3 is 10.5 Å². The monoisotopic (exact) mass is 267 g/mol. The van der Waals surface area contributed by atoms with Crippen LogP contribution in [0.1, 0.15) is 39.8 Å². The molecule has 0 bridgehead atoms. The van der Waals surface area contributed by atoms with Crippen molar-refractivity contribution in [1.29, 1.82) is 0 Å². The van der Waals surface area contributed by atoms with Crippen molar-refractivity contribution in [1.82, 2.24) is 0 Å². The van der Waals surface area contributed by atoms with E-state index in [0.29, 0.717) is 6.61 Å². The molecule has 2 unspecified atom stereocenters. The van der Waals surface area contributed by atoms with Crippen molar-refractivity contribution in [3.63, 3.8) is 0 Å². The van der Waals surface area contributed by atoms with Crippen LogP contribution in [0.15, 0.2) is 36.4 Å². The lowest BCUT2D eigenvalue weighted by Gasteiger charge is -2.23. The maximum Gasteiger partial charge on any atom is 0.122 e. The summed E-state index contributed by atoms with van der Waals surface area (Å²) in [6.07, 6.45) is 0. The molecule has 1 aliphatic heterocycles. The molecule has 2 nitrogen and oxygen atoms in total. The lowest BCUT2D eigenvalue weighted by atomic mass is 9.84. The molecule has 2 N–H and O–H groups in total. The fraction of sp³-hybridized carbons (Fsp3) is 0.333. The summed E-state index contributed by atoms with van der Waals surface area (Å²) in [5.41, 5.74) is 12.9. The molecule has 1 heterocycles. The molecular weight excluding hydrogens is 246 g/mol. The van der Waals surface area contributed by atoms with E-state index in [0.717, 1.165) is 5.75 Å². The van der Waals surface area contributed by atoms with Gasteiger partial charge in [0.2, 0.25) is 0 Å². The molecule has 0 saturated heterocycles. The molecule has 1 aliphatic rings. The second-order valence-corrected chi connectivity index (χ2v) is 5.79. The van der Waals surface area contributed by atoms with E-state index in [2.05, 4.69) is 45.0 Å². The van der Waals surface area contributed by atoms with E-state index in [9.17, 15) is 0 Å². The van der Waals surface area contributed by atoms with Crippen LogP contribution in [0.2, 0.25) is 0 Å². The Morgan fingerprint density at radius 2 is 1.75 bits per heavy atom. The zero-order valence-electron chi connectivity index (χ0n) is 12.3. The molecule has 0 saturated carbocycles. The number of hydrogen-bond acceptors (Lipinski definition) is 2. The summed E-state index contributed by atoms with van der Waals surface area (Å²) in [7, 11) is 0. The maximum absolute atomic E-state index is 6.59. The minimum atomic E-state index is -0.0146. The van der Waals surface area contributed by atoms with E-state index in [-0.39, 0.29) is 12.0 Å². The van der Waals surface area contributed by atoms with Crippen LogP contribution in [0.5, 0.6) is 5.75 Å². The highest BCUT2D eigenvalue weighted by Crippen LogP contribution is 2.41. The van der Waals surface area contributed by atoms with Gasteiger partial charge in [-0.3, -0.25) is 0 Å². The summed E-state index contributed by atoms with van der Waals surface area (Å²) in [4.78, 5) is 0. The van der Waals surface area contributed by atoms with Gasteiger partial charge in [0.15, 0.2) is 0 Å². The molecule has 0 radical (unpaired) electrons. The quantitative estimate of drug-likeness (QED) is 0.898. The Kier molecular flexibility index (Phi) is 3.27. The molecule has 2 heteroatoms. The molecule has 104 valence electrons. The molecule has 0 amide bonds. The van der Waals surface area contributed by atoms with Crippen molar-refractivity contribution in [3.8, 4) is 5.75 Å². The third-order valence-electron chi connectivity index (χ3n) is 4.24. The Morgan fingerprint density at radius 3 is 2.45 bits per heavy atom. The summed E-state index contributed by atoms with van der Waals surface area (Å²) >= 11 is 0. The number of para-hydroxylation sites is 1. The van der Waals surface area contributed by atoms with E-state index in [1.807, 2.05) is 12.1 Å². The molecule has 0 spiro atoms. The smallest absolute Gasteiger partial charge is 0.122 e. The zero-order chi connectivity index (χ0) is 14.3. The Balaban J connectivity index is 2.01. The molecule has 0 aliphatic carbocycles. The number of hydrogen-bond donors (Lipinski definition) is 1. The first-order chi connectivity index (χ1) is 9.58. The van der Waals surface area contributed by atoms with E-state index < -0.39 is 0 Å². The van der Waals surface area contributed by atoms with Gasteiger partial charge in [-0.1, -0.05) is 35.9 Å². The largest absolute Gasteiger partial charge is 0.493 e. The average molecular weight is 267 g/mol. The summed E-state index contributed by atoms with van der Waals surface area (Å²) in [6, 6.07) is 12.6. The lowest BCUT2D eigenvalue weighted by Crippen LogP contribution is -2.23.